The maximum absolute atomic E-state index is 12.6. The van der Waals surface area contributed by atoms with Crippen LogP contribution in [0.1, 0.15) is 69.8 Å². The normalized spacial score (nSPS) is 31.1. The summed E-state index contributed by atoms with van der Waals surface area (Å²) in [6.07, 6.45) is 13.2. The molecule has 0 aromatic heterocycles. The second-order valence-electron chi connectivity index (χ2n) is 18.3. The van der Waals surface area contributed by atoms with Gasteiger partial charge in [0.2, 0.25) is 0 Å². The Morgan fingerprint density at radius 1 is 0.868 bits per heavy atom. The lowest BCUT2D eigenvalue weighted by Gasteiger charge is -2.58. The number of nitrogens with zero attached hydrogens (tertiary/aromatic N) is 4. The van der Waals surface area contributed by atoms with E-state index in [-0.39, 0.29) is 31.7 Å². The van der Waals surface area contributed by atoms with E-state index < -0.39 is 17.9 Å². The van der Waals surface area contributed by atoms with E-state index in [1.165, 1.54) is 45.1 Å². The van der Waals surface area contributed by atoms with Crippen LogP contribution in [0.5, 0.6) is 0 Å². The van der Waals surface area contributed by atoms with Gasteiger partial charge in [-0.1, -0.05) is 12.1 Å². The van der Waals surface area contributed by atoms with Crippen molar-refractivity contribution in [1.29, 1.82) is 0 Å². The van der Waals surface area contributed by atoms with Crippen LogP contribution in [0.2, 0.25) is 0 Å². The predicted molar refractivity (Wildman–Crippen MR) is 209 cm³/mol. The maximum Gasteiger partial charge on any atom is 0.359 e. The van der Waals surface area contributed by atoms with Crippen LogP contribution in [0.3, 0.4) is 0 Å². The van der Waals surface area contributed by atoms with Gasteiger partial charge >= 0.3 is 17.9 Å². The van der Waals surface area contributed by atoms with Gasteiger partial charge in [-0.05, 0) is 112 Å². The molecule has 1 aliphatic heterocycles. The number of carbonyl (C=O) groups is 3. The molecule has 12 nitrogen and oxygen atoms in total. The van der Waals surface area contributed by atoms with E-state index >= 15 is 0 Å². The molecule has 1 aromatic rings. The average molecular weight is 757 g/mol. The molecule has 7 rings (SSSR count). The molecule has 2 unspecified atom stereocenters. The van der Waals surface area contributed by atoms with Crippen LogP contribution in [-0.2, 0) is 20.8 Å². The van der Waals surface area contributed by atoms with Crippen molar-refractivity contribution in [3.05, 3.63) is 29.8 Å². The fourth-order valence-corrected chi connectivity index (χ4v) is 12.2. The predicted octanol–water partition coefficient (Wildman–Crippen LogP) is 3.81. The second kappa shape index (κ2) is 16.9. The fraction of sp³-hybridized carbons (Fsp3) is 0.750. The minimum Gasteiger partial charge on any atom is -0.480 e. The molecular formula is C40H64N6O6S+2. The van der Waals surface area contributed by atoms with Gasteiger partial charge in [0, 0.05) is 37.2 Å². The van der Waals surface area contributed by atoms with E-state index in [2.05, 4.69) is 36.9 Å². The van der Waals surface area contributed by atoms with Crippen molar-refractivity contribution in [3.8, 4) is 0 Å². The third-order valence-corrected chi connectivity index (χ3v) is 13.8. The molecule has 0 amide bonds. The number of rotatable bonds is 15. The van der Waals surface area contributed by atoms with Gasteiger partial charge in [0.25, 0.3) is 0 Å². The Morgan fingerprint density at radius 2 is 1.45 bits per heavy atom. The Kier molecular flexibility index (Phi) is 12.7. The molecule has 2 atom stereocenters. The summed E-state index contributed by atoms with van der Waals surface area (Å²) >= 11 is 5.71. The van der Waals surface area contributed by atoms with Gasteiger partial charge < -0.3 is 34.9 Å². The van der Waals surface area contributed by atoms with Gasteiger partial charge in [0.15, 0.2) is 11.7 Å². The van der Waals surface area contributed by atoms with Gasteiger partial charge in [-0.2, -0.15) is 0 Å². The molecule has 53 heavy (non-hydrogen) atoms. The standard InChI is InChI=1S/C40H62N6O6S/c1-45(2,28-40-21-30-17-31(22-40)19-32(18-30)23-40)15-11-41-39(53)42-33-9-7-29(8-10-33)20-35-24-44(26-37(49)50)13-12-43(25-36(47)48)14-16-46(35,27-38(51)52)34-5-3-4-6-34/h7-10,30-32,34-35H,3-6,11-28H2,1-2H3,(H3-2,41,42,47,48,49,50,51,52,53)/p+2. The van der Waals surface area contributed by atoms with Crippen LogP contribution in [0, 0.1) is 23.2 Å². The number of nitrogens with one attached hydrogen (secondary N) is 2. The molecule has 1 saturated heterocycles. The number of benzene rings is 1. The van der Waals surface area contributed by atoms with Crippen LogP contribution < -0.4 is 10.6 Å². The lowest BCUT2D eigenvalue weighted by molar-refractivity contribution is -0.965. The van der Waals surface area contributed by atoms with Gasteiger partial charge in [-0.3, -0.25) is 19.4 Å². The van der Waals surface area contributed by atoms with E-state index in [1.807, 2.05) is 21.9 Å². The topological polar surface area (TPSA) is 142 Å². The number of hydrogen-bond acceptors (Lipinski definition) is 6. The molecule has 6 fully saturated rings. The van der Waals surface area contributed by atoms with Gasteiger partial charge in [0.05, 0.1) is 66.0 Å². The molecule has 5 saturated carbocycles. The summed E-state index contributed by atoms with van der Waals surface area (Å²) < 4.78 is 1.33. The number of carboxylic acid groups (broad SMARTS) is 3. The number of thiocarbonyl (C=S) groups is 1. The lowest BCUT2D eigenvalue weighted by Crippen LogP contribution is -2.67. The number of likely N-dealkylation sites (N-methyl/N-ethyl adjacent to an activating group) is 1. The minimum absolute atomic E-state index is 0.0746. The van der Waals surface area contributed by atoms with Crippen molar-refractivity contribution >= 4 is 40.9 Å². The third-order valence-electron chi connectivity index (χ3n) is 13.6. The number of anilines is 1. The van der Waals surface area contributed by atoms with E-state index in [4.69, 9.17) is 12.2 Å². The Balaban J connectivity index is 1.10. The number of carboxylic acids is 3. The van der Waals surface area contributed by atoms with Crippen molar-refractivity contribution in [2.24, 2.45) is 23.2 Å². The summed E-state index contributed by atoms with van der Waals surface area (Å²) in [5.41, 5.74) is 2.46. The first-order valence-electron chi connectivity index (χ1n) is 20.1. The van der Waals surface area contributed by atoms with Gasteiger partial charge in [0.1, 0.15) is 6.04 Å². The van der Waals surface area contributed by atoms with Crippen LogP contribution in [-0.4, -0.2) is 155 Å². The zero-order valence-electron chi connectivity index (χ0n) is 32.0. The molecule has 294 valence electrons. The molecule has 5 N–H and O–H groups in total. The highest BCUT2D eigenvalue weighted by Crippen LogP contribution is 2.60. The van der Waals surface area contributed by atoms with E-state index in [1.54, 1.807) is 0 Å². The smallest absolute Gasteiger partial charge is 0.359 e. The molecule has 6 aliphatic rings. The third kappa shape index (κ3) is 10.5. The summed E-state index contributed by atoms with van der Waals surface area (Å²) in [5.74, 6) is 0.115. The van der Waals surface area contributed by atoms with Crippen LogP contribution in [0.15, 0.2) is 24.3 Å². The Hall–Kier alpha value is -2.84. The highest BCUT2D eigenvalue weighted by molar-refractivity contribution is 7.80. The Labute approximate surface area is 321 Å². The number of aliphatic carboxylic acids is 3. The first kappa shape index (κ1) is 39.8. The molecule has 5 aliphatic carbocycles. The number of hydrogen-bond donors (Lipinski definition) is 5. The summed E-state index contributed by atoms with van der Waals surface area (Å²) in [5, 5.41) is 37.1. The molecule has 0 spiro atoms. The Bertz CT molecular complexity index is 1430. The van der Waals surface area contributed by atoms with Crippen molar-refractivity contribution in [1.82, 2.24) is 15.1 Å². The van der Waals surface area contributed by atoms with Gasteiger partial charge in [-0.25, -0.2) is 4.79 Å². The second-order valence-corrected chi connectivity index (χ2v) is 18.7. The summed E-state index contributed by atoms with van der Waals surface area (Å²) in [7, 11) is 4.74. The largest absolute Gasteiger partial charge is 0.480 e. The lowest BCUT2D eigenvalue weighted by atomic mass is 9.49. The highest BCUT2D eigenvalue weighted by atomic mass is 32.1. The molecular weight excluding hydrogens is 693 g/mol. The first-order valence-corrected chi connectivity index (χ1v) is 20.5. The van der Waals surface area contributed by atoms with Crippen molar-refractivity contribution < 1.29 is 38.7 Å². The van der Waals surface area contributed by atoms with Crippen molar-refractivity contribution in [2.75, 3.05) is 91.4 Å². The molecule has 0 radical (unpaired) electrons. The van der Waals surface area contributed by atoms with E-state index in [9.17, 15) is 29.7 Å². The van der Waals surface area contributed by atoms with Crippen LogP contribution >= 0.6 is 12.2 Å². The fourth-order valence-electron chi connectivity index (χ4n) is 12.0. The van der Waals surface area contributed by atoms with Crippen LogP contribution in [0.25, 0.3) is 0 Å². The summed E-state index contributed by atoms with van der Waals surface area (Å²) in [4.78, 5) is 40.0. The molecule has 1 heterocycles. The zero-order valence-corrected chi connectivity index (χ0v) is 32.8. The monoisotopic (exact) mass is 756 g/mol. The van der Waals surface area contributed by atoms with E-state index in [0.717, 1.165) is 72.3 Å². The maximum atomic E-state index is 12.6. The quantitative estimate of drug-likeness (QED) is 0.132. The molecule has 4 bridgehead atoms. The SMILES string of the molecule is C[N+](C)(CCNC(=S)Nc1ccc(CC2CN(CC(=O)O)CCN(CC(=O)O)CC[N+]2(CC(=O)O)C2CCCC2)cc1)CC12CC3CC(CC(C3)C1)C2. The minimum atomic E-state index is -0.949. The van der Waals surface area contributed by atoms with Crippen molar-refractivity contribution in [2.45, 2.75) is 82.7 Å². The highest BCUT2D eigenvalue weighted by Gasteiger charge is 2.53. The van der Waals surface area contributed by atoms with Crippen LogP contribution in [0.4, 0.5) is 5.69 Å². The zero-order chi connectivity index (χ0) is 37.8. The van der Waals surface area contributed by atoms with Crippen molar-refractivity contribution in [3.63, 3.8) is 0 Å². The summed E-state index contributed by atoms with van der Waals surface area (Å²) in [6.45, 7) is 4.83. The average Bonchev–Trinajstić information content (AvgIpc) is 3.60. The number of quaternary nitrogens is 2. The summed E-state index contributed by atoms with van der Waals surface area (Å²) in [6, 6.07) is 8.08. The molecule has 1 aromatic carbocycles. The first-order chi connectivity index (χ1) is 25.2. The molecule has 13 heteroatoms. The van der Waals surface area contributed by atoms with Gasteiger partial charge in [-0.15, -0.1) is 0 Å². The van der Waals surface area contributed by atoms with E-state index in [0.29, 0.717) is 54.2 Å². The Morgan fingerprint density at radius 3 is 2.04 bits per heavy atom.